The van der Waals surface area contributed by atoms with Gasteiger partial charge in [-0.1, -0.05) is 62.2 Å². The number of aliphatic hydroxyl groups excluding tert-OH is 1. The maximum absolute atomic E-state index is 13.3. The second-order valence-electron chi connectivity index (χ2n) is 7.53. The molecule has 1 saturated heterocycles. The molecule has 4 unspecified atom stereocenters. The summed E-state index contributed by atoms with van der Waals surface area (Å²) in [5.74, 6) is -1.09. The summed E-state index contributed by atoms with van der Waals surface area (Å²) in [6, 6.07) is 8.30. The number of unbranched alkanes of at least 4 members (excludes halogenated alkanes) is 1. The van der Waals surface area contributed by atoms with E-state index in [1.807, 2.05) is 36.4 Å². The van der Waals surface area contributed by atoms with E-state index in [-0.39, 0.29) is 18.4 Å². The molecule has 0 radical (unpaired) electrons. The largest absolute Gasteiger partial charge is 0.391 e. The molecule has 29 heavy (non-hydrogen) atoms. The lowest BCUT2D eigenvalue weighted by atomic mass is 9.91. The normalized spacial score (nSPS) is 24.8. The van der Waals surface area contributed by atoms with Crippen molar-refractivity contribution in [2.45, 2.75) is 50.9 Å². The van der Waals surface area contributed by atoms with E-state index in [0.717, 1.165) is 18.4 Å². The van der Waals surface area contributed by atoms with Gasteiger partial charge in [-0.05, 0) is 12.0 Å². The van der Waals surface area contributed by atoms with E-state index in [4.69, 9.17) is 0 Å². The van der Waals surface area contributed by atoms with E-state index in [2.05, 4.69) is 17.1 Å². The van der Waals surface area contributed by atoms with E-state index in [1.165, 1.54) is 17.6 Å². The first-order valence-corrected chi connectivity index (χ1v) is 10.0. The van der Waals surface area contributed by atoms with Crippen LogP contribution in [-0.4, -0.2) is 54.9 Å². The molecule has 1 aromatic carbocycles. The van der Waals surface area contributed by atoms with Gasteiger partial charge in [0.15, 0.2) is 0 Å². The van der Waals surface area contributed by atoms with Crippen LogP contribution in [0, 0.1) is 5.92 Å². The van der Waals surface area contributed by atoms with Crippen LogP contribution in [0.25, 0.3) is 0 Å². The fraction of sp³-hybridized carbons (Fsp3) is 0.429. The summed E-state index contributed by atoms with van der Waals surface area (Å²) in [6.07, 6.45) is 8.38. The van der Waals surface area contributed by atoms with Crippen LogP contribution >= 0.6 is 0 Å². The standard InChI is InChI=1S/C21H25N5O3/c1-2-3-9-18(27)17-11-10-16-19(26(17)24-13-22-23-14-24)21(29)25(20(16)28)12-15-7-5-4-6-8-15/h4-8,10-11,13-14,16-19,27H,2-3,9,12H2,1H3. The summed E-state index contributed by atoms with van der Waals surface area (Å²) < 4.78 is 1.61. The third-order valence-electron chi connectivity index (χ3n) is 5.62. The molecule has 4 atom stereocenters. The number of aliphatic hydroxyl groups is 1. The van der Waals surface area contributed by atoms with Crippen molar-refractivity contribution >= 4 is 11.8 Å². The minimum Gasteiger partial charge on any atom is -0.391 e. The zero-order chi connectivity index (χ0) is 20.4. The molecule has 0 bridgehead atoms. The first-order valence-electron chi connectivity index (χ1n) is 10.0. The summed E-state index contributed by atoms with van der Waals surface area (Å²) in [7, 11) is 0. The number of hydrogen-bond donors (Lipinski definition) is 1. The van der Waals surface area contributed by atoms with Gasteiger partial charge in [0.05, 0.1) is 24.6 Å². The summed E-state index contributed by atoms with van der Waals surface area (Å²) in [5.41, 5.74) is 0.896. The molecule has 8 heteroatoms. The Morgan fingerprint density at radius 1 is 1.07 bits per heavy atom. The molecule has 2 aliphatic heterocycles. The summed E-state index contributed by atoms with van der Waals surface area (Å²) in [5, 5.41) is 20.2. The number of amides is 2. The fourth-order valence-corrected chi connectivity index (χ4v) is 4.13. The molecule has 1 aromatic heterocycles. The number of imide groups is 1. The van der Waals surface area contributed by atoms with Crippen molar-refractivity contribution in [3.05, 3.63) is 60.7 Å². The average Bonchev–Trinajstić information content (AvgIpc) is 3.36. The van der Waals surface area contributed by atoms with Crippen LogP contribution in [0.3, 0.4) is 0 Å². The Balaban J connectivity index is 1.66. The van der Waals surface area contributed by atoms with Crippen LogP contribution in [0.2, 0.25) is 0 Å². The molecular formula is C21H25N5O3. The van der Waals surface area contributed by atoms with Crippen LogP contribution in [-0.2, 0) is 16.1 Å². The topological polar surface area (TPSA) is 91.6 Å². The van der Waals surface area contributed by atoms with Crippen LogP contribution < -0.4 is 5.01 Å². The van der Waals surface area contributed by atoms with Crippen molar-refractivity contribution in [2.24, 2.45) is 5.92 Å². The van der Waals surface area contributed by atoms with Crippen molar-refractivity contribution in [3.63, 3.8) is 0 Å². The van der Waals surface area contributed by atoms with Gasteiger partial charge in [0.1, 0.15) is 18.7 Å². The Hall–Kier alpha value is -3.00. The molecule has 2 amide bonds. The lowest BCUT2D eigenvalue weighted by molar-refractivity contribution is -0.139. The van der Waals surface area contributed by atoms with E-state index < -0.39 is 24.1 Å². The highest BCUT2D eigenvalue weighted by Gasteiger charge is 2.53. The SMILES string of the molecule is CCCCC(O)C1C=CC2C(=O)N(Cc3ccccc3)C(=O)C2N1n1cnnc1. The number of carbonyl (C=O) groups excluding carboxylic acids is 2. The summed E-state index contributed by atoms with van der Waals surface area (Å²) in [6.45, 7) is 2.30. The van der Waals surface area contributed by atoms with Gasteiger partial charge < -0.3 is 5.11 Å². The van der Waals surface area contributed by atoms with Crippen LogP contribution in [0.1, 0.15) is 31.7 Å². The van der Waals surface area contributed by atoms with Gasteiger partial charge in [0.2, 0.25) is 5.91 Å². The number of aromatic nitrogens is 3. The Bertz CT molecular complexity index is 883. The van der Waals surface area contributed by atoms with Gasteiger partial charge in [-0.25, -0.2) is 4.68 Å². The number of nitrogens with zero attached hydrogens (tertiary/aromatic N) is 5. The highest BCUT2D eigenvalue weighted by Crippen LogP contribution is 2.33. The molecule has 2 aromatic rings. The van der Waals surface area contributed by atoms with Crippen LogP contribution in [0.4, 0.5) is 0 Å². The lowest BCUT2D eigenvalue weighted by Crippen LogP contribution is -2.60. The Morgan fingerprint density at radius 2 is 1.79 bits per heavy atom. The third kappa shape index (κ3) is 3.55. The molecule has 2 aliphatic rings. The quantitative estimate of drug-likeness (QED) is 0.561. The second kappa shape index (κ2) is 8.16. The number of hydrogen-bond acceptors (Lipinski definition) is 6. The highest BCUT2D eigenvalue weighted by molar-refractivity contribution is 6.09. The lowest BCUT2D eigenvalue weighted by Gasteiger charge is -2.41. The minimum atomic E-state index is -0.728. The minimum absolute atomic E-state index is 0.223. The molecule has 3 heterocycles. The van der Waals surface area contributed by atoms with Crippen molar-refractivity contribution in [3.8, 4) is 0 Å². The number of benzene rings is 1. The first kappa shape index (κ1) is 19.3. The van der Waals surface area contributed by atoms with Crippen molar-refractivity contribution in [1.82, 2.24) is 19.8 Å². The number of carbonyl (C=O) groups is 2. The molecule has 4 rings (SSSR count). The van der Waals surface area contributed by atoms with Gasteiger partial charge in [-0.15, -0.1) is 10.2 Å². The maximum Gasteiger partial charge on any atom is 0.255 e. The summed E-state index contributed by atoms with van der Waals surface area (Å²) >= 11 is 0. The Labute approximate surface area is 169 Å². The smallest absolute Gasteiger partial charge is 0.255 e. The van der Waals surface area contributed by atoms with E-state index in [1.54, 1.807) is 15.8 Å². The van der Waals surface area contributed by atoms with Gasteiger partial charge in [0, 0.05) is 0 Å². The monoisotopic (exact) mass is 395 g/mol. The molecule has 152 valence electrons. The van der Waals surface area contributed by atoms with Gasteiger partial charge in [-0.3, -0.25) is 19.5 Å². The molecule has 1 fully saturated rings. The summed E-state index contributed by atoms with van der Waals surface area (Å²) in [4.78, 5) is 27.7. The number of rotatable bonds is 7. The average molecular weight is 395 g/mol. The Kier molecular flexibility index (Phi) is 5.44. The van der Waals surface area contributed by atoms with Gasteiger partial charge in [0.25, 0.3) is 5.91 Å². The molecule has 0 saturated carbocycles. The highest BCUT2D eigenvalue weighted by atomic mass is 16.3. The maximum atomic E-state index is 13.3. The van der Waals surface area contributed by atoms with E-state index in [0.29, 0.717) is 6.42 Å². The van der Waals surface area contributed by atoms with Crippen molar-refractivity contribution in [1.29, 1.82) is 0 Å². The molecule has 8 nitrogen and oxygen atoms in total. The van der Waals surface area contributed by atoms with Crippen molar-refractivity contribution in [2.75, 3.05) is 5.01 Å². The van der Waals surface area contributed by atoms with Gasteiger partial charge >= 0.3 is 0 Å². The predicted molar refractivity (Wildman–Crippen MR) is 106 cm³/mol. The third-order valence-corrected chi connectivity index (χ3v) is 5.62. The van der Waals surface area contributed by atoms with Crippen LogP contribution in [0.15, 0.2) is 55.1 Å². The molecule has 0 spiro atoms. The Morgan fingerprint density at radius 3 is 2.48 bits per heavy atom. The van der Waals surface area contributed by atoms with Crippen LogP contribution in [0.5, 0.6) is 0 Å². The van der Waals surface area contributed by atoms with Crippen molar-refractivity contribution < 1.29 is 14.7 Å². The first-order chi connectivity index (χ1) is 14.1. The zero-order valence-corrected chi connectivity index (χ0v) is 16.3. The predicted octanol–water partition coefficient (Wildman–Crippen LogP) is 1.26. The van der Waals surface area contributed by atoms with Gasteiger partial charge in [-0.2, -0.15) is 0 Å². The molecule has 1 N–H and O–H groups in total. The molecule has 0 aliphatic carbocycles. The second-order valence-corrected chi connectivity index (χ2v) is 7.53. The zero-order valence-electron chi connectivity index (χ0n) is 16.3. The number of fused-ring (bicyclic) bond motifs is 1. The number of likely N-dealkylation sites (tertiary alicyclic amines) is 1. The van der Waals surface area contributed by atoms with E-state index >= 15 is 0 Å². The fourth-order valence-electron chi connectivity index (χ4n) is 4.13. The van der Waals surface area contributed by atoms with E-state index in [9.17, 15) is 14.7 Å². The molecular weight excluding hydrogens is 370 g/mol.